The van der Waals surface area contributed by atoms with Crippen molar-refractivity contribution in [2.75, 3.05) is 0 Å². The molecule has 1 aliphatic heterocycles. The van der Waals surface area contributed by atoms with Gasteiger partial charge in [0.25, 0.3) is 0 Å². The monoisotopic (exact) mass is 149 g/mol. The van der Waals surface area contributed by atoms with Crippen LogP contribution in [0.4, 0.5) is 0 Å². The van der Waals surface area contributed by atoms with Gasteiger partial charge in [0.1, 0.15) is 0 Å². The van der Waals surface area contributed by atoms with Gasteiger partial charge in [-0.05, 0) is 11.8 Å². The zero-order valence-corrected chi connectivity index (χ0v) is 6.46. The quantitative estimate of drug-likeness (QED) is 0.381. The molecule has 0 spiro atoms. The molecule has 0 radical (unpaired) electrons. The van der Waals surface area contributed by atoms with Gasteiger partial charge in [-0.15, -0.1) is 0 Å². The highest BCUT2D eigenvalue weighted by Crippen LogP contribution is 2.17. The SMILES string of the molecule is C[C@@H]1CC(N)=NC=C1C#CN. The van der Waals surface area contributed by atoms with E-state index in [0.717, 1.165) is 12.0 Å². The van der Waals surface area contributed by atoms with Gasteiger partial charge >= 0.3 is 0 Å². The van der Waals surface area contributed by atoms with Crippen LogP contribution >= 0.6 is 0 Å². The van der Waals surface area contributed by atoms with Crippen LogP contribution in [0, 0.1) is 17.9 Å². The molecule has 1 atom stereocenters. The van der Waals surface area contributed by atoms with E-state index in [1.807, 2.05) is 0 Å². The van der Waals surface area contributed by atoms with Crippen LogP contribution in [-0.2, 0) is 0 Å². The molecular weight excluding hydrogens is 138 g/mol. The zero-order chi connectivity index (χ0) is 8.27. The maximum absolute atomic E-state index is 5.51. The molecule has 11 heavy (non-hydrogen) atoms. The predicted molar refractivity (Wildman–Crippen MR) is 45.4 cm³/mol. The van der Waals surface area contributed by atoms with Crippen molar-refractivity contribution < 1.29 is 0 Å². The molecule has 0 saturated carbocycles. The van der Waals surface area contributed by atoms with Gasteiger partial charge in [0.15, 0.2) is 0 Å². The topological polar surface area (TPSA) is 64.4 Å². The van der Waals surface area contributed by atoms with Crippen molar-refractivity contribution in [1.82, 2.24) is 0 Å². The average Bonchev–Trinajstić information content (AvgIpc) is 1.95. The predicted octanol–water partition coefficient (Wildman–Crippen LogP) is 0.187. The number of rotatable bonds is 0. The lowest BCUT2D eigenvalue weighted by Gasteiger charge is -2.13. The van der Waals surface area contributed by atoms with E-state index in [2.05, 4.69) is 23.9 Å². The molecule has 0 aromatic carbocycles. The summed E-state index contributed by atoms with van der Waals surface area (Å²) in [5, 5.41) is 0. The molecule has 0 saturated heterocycles. The summed E-state index contributed by atoms with van der Waals surface area (Å²) in [6, 6.07) is 2.35. The summed E-state index contributed by atoms with van der Waals surface area (Å²) in [6.45, 7) is 2.05. The summed E-state index contributed by atoms with van der Waals surface area (Å²) >= 11 is 0. The molecule has 0 aromatic rings. The van der Waals surface area contributed by atoms with Gasteiger partial charge in [0.2, 0.25) is 0 Å². The minimum atomic E-state index is 0.351. The van der Waals surface area contributed by atoms with E-state index in [9.17, 15) is 0 Å². The summed E-state index contributed by atoms with van der Waals surface area (Å²) in [7, 11) is 0. The second kappa shape index (κ2) is 3.11. The van der Waals surface area contributed by atoms with Crippen LogP contribution in [0.2, 0.25) is 0 Å². The summed E-state index contributed by atoms with van der Waals surface area (Å²) in [5.41, 5.74) is 11.5. The van der Waals surface area contributed by atoms with Gasteiger partial charge in [0.05, 0.1) is 5.84 Å². The fourth-order valence-electron chi connectivity index (χ4n) is 0.995. The first-order valence-corrected chi connectivity index (χ1v) is 3.48. The molecule has 3 heteroatoms. The second-order valence-electron chi connectivity index (χ2n) is 2.58. The minimum Gasteiger partial charge on any atom is -0.387 e. The van der Waals surface area contributed by atoms with Crippen LogP contribution in [-0.4, -0.2) is 5.84 Å². The number of hydrogen-bond donors (Lipinski definition) is 2. The fraction of sp³-hybridized carbons (Fsp3) is 0.375. The Labute approximate surface area is 66.2 Å². The Hall–Kier alpha value is -1.43. The average molecular weight is 149 g/mol. The largest absolute Gasteiger partial charge is 0.387 e. The van der Waals surface area contributed by atoms with Gasteiger partial charge in [-0.1, -0.05) is 6.92 Å². The third kappa shape index (κ3) is 1.74. The summed E-state index contributed by atoms with van der Waals surface area (Å²) in [5.74, 6) is 3.80. The van der Waals surface area contributed by atoms with Crippen molar-refractivity contribution in [3.05, 3.63) is 11.8 Å². The van der Waals surface area contributed by atoms with E-state index in [4.69, 9.17) is 11.5 Å². The molecule has 0 bridgehead atoms. The molecule has 3 nitrogen and oxygen atoms in total. The van der Waals surface area contributed by atoms with E-state index in [-0.39, 0.29) is 0 Å². The summed E-state index contributed by atoms with van der Waals surface area (Å²) in [4.78, 5) is 3.95. The number of nitrogens with zero attached hydrogens (tertiary/aromatic N) is 1. The van der Waals surface area contributed by atoms with Crippen LogP contribution in [0.1, 0.15) is 13.3 Å². The Kier molecular flexibility index (Phi) is 2.17. The van der Waals surface area contributed by atoms with E-state index in [0.29, 0.717) is 11.8 Å². The van der Waals surface area contributed by atoms with Crippen LogP contribution < -0.4 is 11.5 Å². The van der Waals surface area contributed by atoms with Crippen LogP contribution in [0.3, 0.4) is 0 Å². The highest BCUT2D eigenvalue weighted by atomic mass is 14.8. The van der Waals surface area contributed by atoms with Crippen molar-refractivity contribution in [2.24, 2.45) is 22.4 Å². The number of hydrogen-bond acceptors (Lipinski definition) is 3. The molecule has 0 unspecified atom stereocenters. The highest BCUT2D eigenvalue weighted by Gasteiger charge is 2.12. The van der Waals surface area contributed by atoms with Gasteiger partial charge in [0, 0.05) is 24.2 Å². The molecule has 0 amide bonds. The Bertz CT molecular complexity index is 265. The maximum atomic E-state index is 5.51. The van der Waals surface area contributed by atoms with Gasteiger partial charge < -0.3 is 11.5 Å². The molecular formula is C8H11N3. The smallest absolute Gasteiger partial charge is 0.0995 e. The fourth-order valence-corrected chi connectivity index (χ4v) is 0.995. The first-order chi connectivity index (χ1) is 5.24. The van der Waals surface area contributed by atoms with E-state index in [1.165, 1.54) is 0 Å². The Morgan fingerprint density at radius 2 is 2.45 bits per heavy atom. The van der Waals surface area contributed by atoms with Crippen molar-refractivity contribution in [3.63, 3.8) is 0 Å². The van der Waals surface area contributed by atoms with E-state index < -0.39 is 0 Å². The number of aliphatic imine (C=N–C) groups is 1. The molecule has 1 rings (SSSR count). The lowest BCUT2D eigenvalue weighted by molar-refractivity contribution is 0.722. The molecule has 0 fully saturated rings. The van der Waals surface area contributed by atoms with Crippen LogP contribution in [0.5, 0.6) is 0 Å². The third-order valence-corrected chi connectivity index (χ3v) is 1.63. The first kappa shape index (κ1) is 7.67. The van der Waals surface area contributed by atoms with E-state index in [1.54, 1.807) is 6.20 Å². The molecule has 0 aromatic heterocycles. The lowest BCUT2D eigenvalue weighted by atomic mass is 9.97. The molecule has 58 valence electrons. The zero-order valence-electron chi connectivity index (χ0n) is 6.46. The second-order valence-corrected chi connectivity index (χ2v) is 2.58. The van der Waals surface area contributed by atoms with Crippen molar-refractivity contribution in [2.45, 2.75) is 13.3 Å². The Morgan fingerprint density at radius 3 is 3.00 bits per heavy atom. The highest BCUT2D eigenvalue weighted by molar-refractivity contribution is 5.82. The van der Waals surface area contributed by atoms with Gasteiger partial charge in [-0.2, -0.15) is 0 Å². The number of nitrogens with two attached hydrogens (primary N) is 2. The van der Waals surface area contributed by atoms with Crippen molar-refractivity contribution in [1.29, 1.82) is 0 Å². The van der Waals surface area contributed by atoms with E-state index >= 15 is 0 Å². The molecule has 0 aliphatic carbocycles. The van der Waals surface area contributed by atoms with Crippen molar-refractivity contribution >= 4 is 5.84 Å². The van der Waals surface area contributed by atoms with Crippen molar-refractivity contribution in [3.8, 4) is 12.0 Å². The van der Waals surface area contributed by atoms with Crippen LogP contribution in [0.15, 0.2) is 16.8 Å². The Balaban J connectivity index is 2.84. The first-order valence-electron chi connectivity index (χ1n) is 3.48. The number of allylic oxidation sites excluding steroid dienone is 1. The summed E-state index contributed by atoms with van der Waals surface area (Å²) < 4.78 is 0. The Morgan fingerprint density at radius 1 is 1.73 bits per heavy atom. The lowest BCUT2D eigenvalue weighted by Crippen LogP contribution is -2.19. The standard InChI is InChI=1S/C8H11N3/c1-6-4-8(10)11-5-7(6)2-3-9/h5-6H,4,9H2,1H3,(H2,10,11)/t6-/m1/s1. The van der Waals surface area contributed by atoms with Gasteiger partial charge in [-0.25, -0.2) is 4.99 Å². The van der Waals surface area contributed by atoms with Gasteiger partial charge in [-0.3, -0.25) is 0 Å². The maximum Gasteiger partial charge on any atom is 0.0995 e. The molecule has 4 N–H and O–H groups in total. The summed E-state index contributed by atoms with van der Waals surface area (Å²) in [6.07, 6.45) is 2.46. The van der Waals surface area contributed by atoms with Crippen LogP contribution in [0.25, 0.3) is 0 Å². The number of amidine groups is 1. The minimum absolute atomic E-state index is 0.351. The molecule has 1 aliphatic rings. The molecule has 1 heterocycles. The normalized spacial score (nSPS) is 22.8. The third-order valence-electron chi connectivity index (χ3n) is 1.63.